The van der Waals surface area contributed by atoms with Crippen molar-refractivity contribution in [2.24, 2.45) is 0 Å². The van der Waals surface area contributed by atoms with Crippen molar-refractivity contribution >= 4 is 32.4 Å². The molecule has 0 bridgehead atoms. The standard InChI is InChI=1S/C11H15IO3S/c1-3-16(14,15)11(12)10(13)9-6-4-8(2)5-7-9/h4-7,10-11,13H,3H2,1-2H3/t10-,11+/m1/s1. The van der Waals surface area contributed by atoms with E-state index in [-0.39, 0.29) is 5.75 Å². The van der Waals surface area contributed by atoms with Crippen LogP contribution in [0.25, 0.3) is 0 Å². The molecule has 0 unspecified atom stereocenters. The van der Waals surface area contributed by atoms with Crippen molar-refractivity contribution in [1.29, 1.82) is 0 Å². The van der Waals surface area contributed by atoms with Gasteiger partial charge in [0.1, 0.15) is 9.36 Å². The average molecular weight is 354 g/mol. The minimum atomic E-state index is -3.22. The third kappa shape index (κ3) is 3.18. The molecule has 1 rings (SSSR count). The van der Waals surface area contributed by atoms with Crippen molar-refractivity contribution in [3.8, 4) is 0 Å². The number of alkyl halides is 1. The molecule has 90 valence electrons. The van der Waals surface area contributed by atoms with Crippen LogP contribution in [0.15, 0.2) is 24.3 Å². The molecule has 1 aromatic carbocycles. The molecule has 1 N–H and O–H groups in total. The Morgan fingerprint density at radius 1 is 1.31 bits per heavy atom. The molecule has 0 aliphatic carbocycles. The molecule has 3 nitrogen and oxygen atoms in total. The van der Waals surface area contributed by atoms with E-state index in [2.05, 4.69) is 0 Å². The molecular weight excluding hydrogens is 339 g/mol. The van der Waals surface area contributed by atoms with Crippen LogP contribution in [-0.4, -0.2) is 22.5 Å². The van der Waals surface area contributed by atoms with E-state index in [0.29, 0.717) is 5.56 Å². The third-order valence-electron chi connectivity index (χ3n) is 2.41. The van der Waals surface area contributed by atoms with Gasteiger partial charge in [0, 0.05) is 5.75 Å². The summed E-state index contributed by atoms with van der Waals surface area (Å²) in [5.74, 6) is 0.0452. The van der Waals surface area contributed by atoms with Crippen molar-refractivity contribution < 1.29 is 13.5 Å². The second-order valence-electron chi connectivity index (χ2n) is 3.66. The number of halogens is 1. The number of hydrogen-bond acceptors (Lipinski definition) is 3. The molecule has 0 saturated heterocycles. The zero-order valence-electron chi connectivity index (χ0n) is 9.22. The summed E-state index contributed by atoms with van der Waals surface area (Å²) in [7, 11) is -3.22. The fraction of sp³-hybridized carbons (Fsp3) is 0.455. The highest BCUT2D eigenvalue weighted by atomic mass is 127. The van der Waals surface area contributed by atoms with Gasteiger partial charge in [0.2, 0.25) is 0 Å². The molecule has 0 radical (unpaired) electrons. The molecule has 0 aromatic heterocycles. The quantitative estimate of drug-likeness (QED) is 0.667. The van der Waals surface area contributed by atoms with Crippen LogP contribution in [0.1, 0.15) is 24.2 Å². The molecule has 0 aliphatic heterocycles. The van der Waals surface area contributed by atoms with Crippen LogP contribution in [0.5, 0.6) is 0 Å². The van der Waals surface area contributed by atoms with Crippen molar-refractivity contribution in [3.05, 3.63) is 35.4 Å². The molecule has 1 aromatic rings. The lowest BCUT2D eigenvalue weighted by molar-refractivity contribution is 0.197. The molecule has 2 atom stereocenters. The van der Waals surface area contributed by atoms with Gasteiger partial charge in [0.25, 0.3) is 0 Å². The van der Waals surface area contributed by atoms with E-state index in [1.165, 1.54) is 0 Å². The monoisotopic (exact) mass is 354 g/mol. The average Bonchev–Trinajstić information content (AvgIpc) is 2.28. The van der Waals surface area contributed by atoms with Crippen molar-refractivity contribution in [1.82, 2.24) is 0 Å². The molecule has 16 heavy (non-hydrogen) atoms. The van der Waals surface area contributed by atoms with Gasteiger partial charge in [-0.05, 0) is 12.5 Å². The van der Waals surface area contributed by atoms with Gasteiger partial charge in [0.05, 0.1) is 0 Å². The van der Waals surface area contributed by atoms with Crippen LogP contribution in [0.4, 0.5) is 0 Å². The van der Waals surface area contributed by atoms with E-state index in [1.807, 2.05) is 19.1 Å². The lowest BCUT2D eigenvalue weighted by Gasteiger charge is -2.17. The van der Waals surface area contributed by atoms with E-state index in [4.69, 9.17) is 0 Å². The Morgan fingerprint density at radius 2 is 1.81 bits per heavy atom. The molecule has 0 spiro atoms. The third-order valence-corrected chi connectivity index (χ3v) is 7.17. The Kier molecular flexibility index (Phi) is 4.75. The predicted molar refractivity (Wildman–Crippen MR) is 73.4 cm³/mol. The smallest absolute Gasteiger partial charge is 0.164 e. The first-order chi connectivity index (χ1) is 7.38. The van der Waals surface area contributed by atoms with Crippen LogP contribution in [0, 0.1) is 6.92 Å². The number of aliphatic hydroxyl groups excluding tert-OH is 1. The van der Waals surface area contributed by atoms with E-state index >= 15 is 0 Å². The number of benzene rings is 1. The van der Waals surface area contributed by atoms with Gasteiger partial charge in [0.15, 0.2) is 9.84 Å². The molecule has 0 aliphatic rings. The highest BCUT2D eigenvalue weighted by Gasteiger charge is 2.29. The zero-order valence-corrected chi connectivity index (χ0v) is 12.2. The summed E-state index contributed by atoms with van der Waals surface area (Å²) >= 11 is 1.78. The lowest BCUT2D eigenvalue weighted by atomic mass is 10.1. The maximum absolute atomic E-state index is 11.6. The Labute approximate surface area is 110 Å². The molecular formula is C11H15IO3S. The maximum atomic E-state index is 11.6. The summed E-state index contributed by atoms with van der Waals surface area (Å²) in [4.78, 5) is 0. The van der Waals surface area contributed by atoms with Gasteiger partial charge in [-0.25, -0.2) is 8.42 Å². The summed E-state index contributed by atoms with van der Waals surface area (Å²) in [5, 5.41) is 9.96. The Balaban J connectivity index is 2.94. The fourth-order valence-electron chi connectivity index (χ4n) is 1.27. The SMILES string of the molecule is CCS(=O)(=O)[C@H](I)[C@H](O)c1ccc(C)cc1. The van der Waals surface area contributed by atoms with Gasteiger partial charge in [-0.1, -0.05) is 59.3 Å². The van der Waals surface area contributed by atoms with E-state index in [1.54, 1.807) is 41.6 Å². The zero-order chi connectivity index (χ0) is 12.3. The Bertz CT molecular complexity index is 439. The highest BCUT2D eigenvalue weighted by molar-refractivity contribution is 14.1. The van der Waals surface area contributed by atoms with Crippen molar-refractivity contribution in [2.45, 2.75) is 23.2 Å². The first-order valence-electron chi connectivity index (χ1n) is 4.98. The lowest BCUT2D eigenvalue weighted by Crippen LogP contribution is -2.24. The number of aliphatic hydroxyl groups is 1. The van der Waals surface area contributed by atoms with Crippen LogP contribution in [-0.2, 0) is 9.84 Å². The molecule has 0 saturated carbocycles. The van der Waals surface area contributed by atoms with Crippen LogP contribution in [0.3, 0.4) is 0 Å². The number of hydrogen-bond donors (Lipinski definition) is 1. The van der Waals surface area contributed by atoms with Gasteiger partial charge >= 0.3 is 0 Å². The predicted octanol–water partition coefficient (Wildman–Crippen LogP) is 2.22. The topological polar surface area (TPSA) is 54.4 Å². The van der Waals surface area contributed by atoms with Crippen LogP contribution < -0.4 is 0 Å². The van der Waals surface area contributed by atoms with Gasteiger partial charge in [-0.3, -0.25) is 0 Å². The van der Waals surface area contributed by atoms with Crippen molar-refractivity contribution in [3.63, 3.8) is 0 Å². The maximum Gasteiger partial charge on any atom is 0.164 e. The summed E-state index contributed by atoms with van der Waals surface area (Å²) in [5.41, 5.74) is 1.72. The van der Waals surface area contributed by atoms with E-state index in [9.17, 15) is 13.5 Å². The molecule has 5 heteroatoms. The number of rotatable bonds is 4. The number of aryl methyl sites for hydroxylation is 1. The summed E-state index contributed by atoms with van der Waals surface area (Å²) < 4.78 is 22.4. The van der Waals surface area contributed by atoms with Crippen molar-refractivity contribution in [2.75, 3.05) is 5.75 Å². The second-order valence-corrected chi connectivity index (χ2v) is 8.26. The van der Waals surface area contributed by atoms with Gasteiger partial charge in [-0.15, -0.1) is 0 Å². The van der Waals surface area contributed by atoms with Gasteiger partial charge < -0.3 is 5.11 Å². The first-order valence-corrected chi connectivity index (χ1v) is 7.95. The number of sulfone groups is 1. The second kappa shape index (κ2) is 5.46. The summed E-state index contributed by atoms with van der Waals surface area (Å²) in [6, 6.07) is 7.24. The molecule has 0 amide bonds. The highest BCUT2D eigenvalue weighted by Crippen LogP contribution is 2.27. The fourth-order valence-corrected chi connectivity index (χ4v) is 3.63. The van der Waals surface area contributed by atoms with E-state index < -0.39 is 19.2 Å². The summed E-state index contributed by atoms with van der Waals surface area (Å²) in [6.07, 6.45) is -0.967. The van der Waals surface area contributed by atoms with Gasteiger partial charge in [-0.2, -0.15) is 0 Å². The molecule has 0 fully saturated rings. The normalized spacial score (nSPS) is 15.8. The minimum absolute atomic E-state index is 0.0452. The first kappa shape index (κ1) is 13.9. The Morgan fingerprint density at radius 3 is 2.25 bits per heavy atom. The van der Waals surface area contributed by atoms with E-state index in [0.717, 1.165) is 5.56 Å². The molecule has 0 heterocycles. The summed E-state index contributed by atoms with van der Waals surface area (Å²) in [6.45, 7) is 3.53. The largest absolute Gasteiger partial charge is 0.386 e. The van der Waals surface area contributed by atoms with Crippen LogP contribution >= 0.6 is 22.6 Å². The Hall–Kier alpha value is -0.140. The minimum Gasteiger partial charge on any atom is -0.386 e. The van der Waals surface area contributed by atoms with Crippen LogP contribution in [0.2, 0.25) is 0 Å².